The van der Waals surface area contributed by atoms with Gasteiger partial charge in [-0.05, 0) is 38.7 Å². The van der Waals surface area contributed by atoms with Gasteiger partial charge in [-0.15, -0.1) is 0 Å². The number of para-hydroxylation sites is 1. The third-order valence-electron chi connectivity index (χ3n) is 6.83. The molecule has 4 rings (SSSR count). The fraction of sp³-hybridized carbons (Fsp3) is 0.625. The van der Waals surface area contributed by atoms with Crippen LogP contribution in [0.1, 0.15) is 51.1 Å². The first-order chi connectivity index (χ1) is 16.4. The maximum absolute atomic E-state index is 13.4. The van der Waals surface area contributed by atoms with Crippen LogP contribution in [0.2, 0.25) is 0 Å². The number of amides is 2. The van der Waals surface area contributed by atoms with Crippen molar-refractivity contribution in [3.8, 4) is 5.75 Å². The number of nitrogens with zero attached hydrogens (tertiary/aromatic N) is 2. The second kappa shape index (κ2) is 9.33. The Morgan fingerprint density at radius 2 is 2.06 bits per heavy atom. The van der Waals surface area contributed by atoms with Crippen LogP contribution in [0.4, 0.5) is 13.2 Å². The molecule has 0 aromatic heterocycles. The molecule has 2 aliphatic heterocycles. The molecule has 1 aromatic carbocycles. The summed E-state index contributed by atoms with van der Waals surface area (Å²) in [5, 5.41) is 2.80. The summed E-state index contributed by atoms with van der Waals surface area (Å²) in [6.07, 6.45) is -5.81. The first-order valence-corrected chi connectivity index (χ1v) is 11.7. The molecular formula is C24H31F3N4O4. The highest BCUT2D eigenvalue weighted by atomic mass is 19.4. The number of rotatable bonds is 7. The quantitative estimate of drug-likeness (QED) is 0.604. The van der Waals surface area contributed by atoms with Crippen molar-refractivity contribution in [3.63, 3.8) is 0 Å². The number of carbonyl (C=O) groups is 2. The fourth-order valence-electron chi connectivity index (χ4n) is 5.09. The zero-order chi connectivity index (χ0) is 25.5. The minimum atomic E-state index is -4.55. The average Bonchev–Trinajstić information content (AvgIpc) is 3.55. The van der Waals surface area contributed by atoms with Crippen LogP contribution in [0.3, 0.4) is 0 Å². The monoisotopic (exact) mass is 496 g/mol. The molecule has 2 heterocycles. The number of halogens is 3. The number of nitrogens with two attached hydrogens (primary N) is 1. The van der Waals surface area contributed by atoms with Crippen molar-refractivity contribution in [2.45, 2.75) is 69.4 Å². The lowest BCUT2D eigenvalue weighted by atomic mass is 9.95. The second-order valence-corrected chi connectivity index (χ2v) is 10.1. The Kier molecular flexibility index (Phi) is 6.74. The number of alkyl halides is 3. The Morgan fingerprint density at radius 3 is 2.71 bits per heavy atom. The minimum Gasteiger partial charge on any atom is -0.480 e. The Balaban J connectivity index is 1.50. The third-order valence-corrected chi connectivity index (χ3v) is 6.83. The van der Waals surface area contributed by atoms with Crippen LogP contribution in [-0.4, -0.2) is 60.3 Å². The predicted octanol–water partition coefficient (Wildman–Crippen LogP) is 2.92. The number of guanidine groups is 1. The summed E-state index contributed by atoms with van der Waals surface area (Å²) in [6, 6.07) is 5.20. The van der Waals surface area contributed by atoms with Crippen LogP contribution in [0.25, 0.3) is 0 Å². The first-order valence-electron chi connectivity index (χ1n) is 11.7. The lowest BCUT2D eigenvalue weighted by molar-refractivity contribution is -0.201. The van der Waals surface area contributed by atoms with Crippen LogP contribution >= 0.6 is 0 Å². The topological polar surface area (TPSA) is 106 Å². The van der Waals surface area contributed by atoms with Crippen molar-refractivity contribution in [1.29, 1.82) is 0 Å². The van der Waals surface area contributed by atoms with Crippen molar-refractivity contribution in [3.05, 3.63) is 29.8 Å². The predicted molar refractivity (Wildman–Crippen MR) is 121 cm³/mol. The second-order valence-electron chi connectivity index (χ2n) is 10.1. The Bertz CT molecular complexity index is 1010. The van der Waals surface area contributed by atoms with Gasteiger partial charge in [-0.2, -0.15) is 13.2 Å². The molecule has 0 radical (unpaired) electrons. The molecule has 3 N–H and O–H groups in total. The number of aliphatic imine (C=N–C) groups is 1. The van der Waals surface area contributed by atoms with Crippen LogP contribution in [0, 0.1) is 11.8 Å². The van der Waals surface area contributed by atoms with E-state index in [0.29, 0.717) is 25.0 Å². The van der Waals surface area contributed by atoms with Gasteiger partial charge in [0.1, 0.15) is 5.75 Å². The average molecular weight is 497 g/mol. The molecule has 8 nitrogen and oxygen atoms in total. The number of carbonyl (C=O) groups excluding carboxylic acids is 2. The zero-order valence-electron chi connectivity index (χ0n) is 20.0. The minimum absolute atomic E-state index is 0.113. The van der Waals surface area contributed by atoms with E-state index in [4.69, 9.17) is 15.2 Å². The van der Waals surface area contributed by atoms with E-state index >= 15 is 0 Å². The molecule has 0 bridgehead atoms. The van der Waals surface area contributed by atoms with E-state index in [1.807, 2.05) is 13.8 Å². The third kappa shape index (κ3) is 5.39. The Hall–Kier alpha value is -2.82. The molecule has 1 aliphatic carbocycles. The van der Waals surface area contributed by atoms with Crippen molar-refractivity contribution < 1.29 is 32.2 Å². The molecule has 1 saturated carbocycles. The van der Waals surface area contributed by atoms with Gasteiger partial charge in [-0.25, -0.2) is 4.99 Å². The first kappa shape index (κ1) is 25.3. The number of methoxy groups -OCH3 is 1. The lowest BCUT2D eigenvalue weighted by Crippen LogP contribution is -2.55. The molecule has 1 fully saturated rings. The van der Waals surface area contributed by atoms with E-state index < -0.39 is 36.2 Å². The number of hydrogen-bond acceptors (Lipinski definition) is 6. The van der Waals surface area contributed by atoms with E-state index in [1.54, 1.807) is 25.3 Å². The summed E-state index contributed by atoms with van der Waals surface area (Å²) in [4.78, 5) is 32.0. The SMILES string of the molecule is COCC[C@@H]([C@H]1C[C@@H]1C(=O)N[C@H]1C[C@@H](C(F)(F)F)Oc2ccccc21)N1C(=O)CC(C)(C)N=C1N. The van der Waals surface area contributed by atoms with Crippen molar-refractivity contribution in [1.82, 2.24) is 10.2 Å². The maximum Gasteiger partial charge on any atom is 0.425 e. The van der Waals surface area contributed by atoms with E-state index in [0.717, 1.165) is 0 Å². The number of benzene rings is 1. The fourth-order valence-corrected chi connectivity index (χ4v) is 5.09. The highest BCUT2D eigenvalue weighted by Crippen LogP contribution is 2.47. The van der Waals surface area contributed by atoms with Gasteiger partial charge >= 0.3 is 6.18 Å². The molecule has 0 unspecified atom stereocenters. The van der Waals surface area contributed by atoms with E-state index in [1.165, 1.54) is 11.0 Å². The van der Waals surface area contributed by atoms with Crippen LogP contribution in [0.5, 0.6) is 5.75 Å². The summed E-state index contributed by atoms with van der Waals surface area (Å²) in [5.41, 5.74) is 6.07. The largest absolute Gasteiger partial charge is 0.480 e. The van der Waals surface area contributed by atoms with E-state index in [9.17, 15) is 22.8 Å². The van der Waals surface area contributed by atoms with Gasteiger partial charge in [0.25, 0.3) is 0 Å². The molecule has 5 atom stereocenters. The molecule has 11 heteroatoms. The molecule has 0 spiro atoms. The summed E-state index contributed by atoms with van der Waals surface area (Å²) in [6.45, 7) is 4.01. The smallest absolute Gasteiger partial charge is 0.425 e. The van der Waals surface area contributed by atoms with Crippen LogP contribution in [0.15, 0.2) is 29.3 Å². The van der Waals surface area contributed by atoms with Gasteiger partial charge in [0.15, 0.2) is 12.1 Å². The normalized spacial score (nSPS) is 28.5. The van der Waals surface area contributed by atoms with Gasteiger partial charge in [-0.1, -0.05) is 18.2 Å². The highest BCUT2D eigenvalue weighted by Gasteiger charge is 2.53. The van der Waals surface area contributed by atoms with Crippen molar-refractivity contribution in [2.75, 3.05) is 13.7 Å². The molecule has 1 aromatic rings. The van der Waals surface area contributed by atoms with E-state index in [2.05, 4.69) is 10.3 Å². The molecule has 2 amide bonds. The molecule has 192 valence electrons. The number of nitrogens with one attached hydrogen (secondary N) is 1. The maximum atomic E-state index is 13.4. The summed E-state index contributed by atoms with van der Waals surface area (Å²) in [5.74, 6) is -0.933. The summed E-state index contributed by atoms with van der Waals surface area (Å²) >= 11 is 0. The van der Waals surface area contributed by atoms with Crippen LogP contribution < -0.4 is 15.8 Å². The molecule has 0 saturated heterocycles. The summed E-state index contributed by atoms with van der Waals surface area (Å²) in [7, 11) is 1.55. The van der Waals surface area contributed by atoms with Gasteiger partial charge in [0.2, 0.25) is 11.8 Å². The molecule has 35 heavy (non-hydrogen) atoms. The lowest BCUT2D eigenvalue weighted by Gasteiger charge is -2.38. The Morgan fingerprint density at radius 1 is 1.34 bits per heavy atom. The summed E-state index contributed by atoms with van der Waals surface area (Å²) < 4.78 is 50.6. The number of ether oxygens (including phenoxy) is 2. The van der Waals surface area contributed by atoms with Crippen molar-refractivity contribution in [2.24, 2.45) is 22.6 Å². The number of fused-ring (bicyclic) bond motifs is 1. The van der Waals surface area contributed by atoms with Gasteiger partial charge in [-0.3, -0.25) is 14.5 Å². The zero-order valence-corrected chi connectivity index (χ0v) is 20.0. The standard InChI is InChI=1S/C24H31F3N4O4/c1-23(2)12-20(32)31(22(28)30-23)17(8-9-34-3)14-10-15(14)21(33)29-16-11-19(24(25,26)27)35-18-7-5-4-6-13(16)18/h4-7,14-17,19H,8-12H2,1-3H3,(H2,28,30)(H,29,33)/t14-,15-,16-,17-,19-/m0/s1. The highest BCUT2D eigenvalue weighted by molar-refractivity contribution is 5.99. The van der Waals surface area contributed by atoms with Crippen molar-refractivity contribution >= 4 is 17.8 Å². The molecular weight excluding hydrogens is 465 g/mol. The van der Waals surface area contributed by atoms with Gasteiger partial charge in [0.05, 0.1) is 18.0 Å². The van der Waals surface area contributed by atoms with E-state index in [-0.39, 0.29) is 41.9 Å². The molecule has 3 aliphatic rings. The van der Waals surface area contributed by atoms with Gasteiger partial charge < -0.3 is 20.5 Å². The number of hydrogen-bond donors (Lipinski definition) is 2. The Labute approximate surface area is 202 Å². The van der Waals surface area contributed by atoms with Gasteiger partial charge in [0, 0.05) is 37.7 Å². The van der Waals surface area contributed by atoms with Crippen LogP contribution in [-0.2, 0) is 14.3 Å².